The molecule has 2 atom stereocenters. The van der Waals surface area contributed by atoms with Crippen LogP contribution in [-0.2, 0) is 6.54 Å². The SMILES string of the molecule is Fc1cccc(CNC2C3CCN(CC3)C2C(c2ccccc2)c2ccccc2)c1. The van der Waals surface area contributed by atoms with Crippen LogP contribution in [0.5, 0.6) is 0 Å². The van der Waals surface area contributed by atoms with Gasteiger partial charge in [-0.15, -0.1) is 0 Å². The highest BCUT2D eigenvalue weighted by Crippen LogP contribution is 2.42. The number of fused-ring (bicyclic) bond motifs is 3. The smallest absolute Gasteiger partial charge is 0.123 e. The van der Waals surface area contributed by atoms with Crippen LogP contribution < -0.4 is 5.32 Å². The number of hydrogen-bond donors (Lipinski definition) is 1. The Morgan fingerprint density at radius 3 is 2.07 bits per heavy atom. The molecule has 154 valence electrons. The fraction of sp³-hybridized carbons (Fsp3) is 0.333. The molecule has 2 nitrogen and oxygen atoms in total. The molecule has 0 saturated carbocycles. The highest BCUT2D eigenvalue weighted by atomic mass is 19.1. The van der Waals surface area contributed by atoms with Crippen LogP contribution in [0, 0.1) is 11.7 Å². The van der Waals surface area contributed by atoms with Crippen LogP contribution in [0.25, 0.3) is 0 Å². The molecule has 3 aliphatic rings. The zero-order valence-electron chi connectivity index (χ0n) is 17.3. The number of nitrogens with zero attached hydrogens (tertiary/aromatic N) is 1. The second-order valence-corrected chi connectivity index (χ2v) is 8.70. The summed E-state index contributed by atoms with van der Waals surface area (Å²) < 4.78 is 13.7. The molecule has 0 aromatic heterocycles. The maximum Gasteiger partial charge on any atom is 0.123 e. The maximum atomic E-state index is 13.7. The van der Waals surface area contributed by atoms with E-state index in [1.807, 2.05) is 6.07 Å². The first-order valence-electron chi connectivity index (χ1n) is 11.1. The van der Waals surface area contributed by atoms with Gasteiger partial charge in [-0.1, -0.05) is 72.8 Å². The van der Waals surface area contributed by atoms with Gasteiger partial charge in [0, 0.05) is 24.5 Å². The summed E-state index contributed by atoms with van der Waals surface area (Å²) in [6.07, 6.45) is 2.49. The Morgan fingerprint density at radius 2 is 1.47 bits per heavy atom. The summed E-state index contributed by atoms with van der Waals surface area (Å²) in [6, 6.07) is 29.6. The molecule has 3 aromatic carbocycles. The predicted octanol–water partition coefficient (Wildman–Crippen LogP) is 5.21. The first kappa shape index (κ1) is 19.5. The van der Waals surface area contributed by atoms with Crippen molar-refractivity contribution in [1.82, 2.24) is 10.2 Å². The highest BCUT2D eigenvalue weighted by Gasteiger charge is 2.46. The third-order valence-corrected chi connectivity index (χ3v) is 6.96. The summed E-state index contributed by atoms with van der Waals surface area (Å²) >= 11 is 0. The van der Waals surface area contributed by atoms with Gasteiger partial charge in [-0.2, -0.15) is 0 Å². The third kappa shape index (κ3) is 3.92. The number of hydrogen-bond acceptors (Lipinski definition) is 2. The Kier molecular flexibility index (Phi) is 5.65. The van der Waals surface area contributed by atoms with Crippen molar-refractivity contribution < 1.29 is 4.39 Å². The summed E-state index contributed by atoms with van der Waals surface area (Å²) in [5, 5.41) is 3.86. The molecule has 0 aliphatic carbocycles. The van der Waals surface area contributed by atoms with Gasteiger partial charge < -0.3 is 5.32 Å². The van der Waals surface area contributed by atoms with E-state index in [-0.39, 0.29) is 5.82 Å². The third-order valence-electron chi connectivity index (χ3n) is 6.96. The van der Waals surface area contributed by atoms with Gasteiger partial charge >= 0.3 is 0 Å². The van der Waals surface area contributed by atoms with Gasteiger partial charge in [-0.25, -0.2) is 4.39 Å². The molecule has 0 amide bonds. The topological polar surface area (TPSA) is 15.3 Å². The Bertz CT molecular complexity index is 911. The van der Waals surface area contributed by atoms with Crippen molar-refractivity contribution in [2.75, 3.05) is 13.1 Å². The van der Waals surface area contributed by atoms with E-state index in [9.17, 15) is 4.39 Å². The van der Waals surface area contributed by atoms with Crippen molar-refractivity contribution >= 4 is 0 Å². The number of rotatable bonds is 6. The van der Waals surface area contributed by atoms with Crippen LogP contribution in [0.3, 0.4) is 0 Å². The normalized spacial score (nSPS) is 25.5. The van der Waals surface area contributed by atoms with E-state index < -0.39 is 0 Å². The fourth-order valence-corrected chi connectivity index (χ4v) is 5.58. The molecule has 2 bridgehead atoms. The maximum absolute atomic E-state index is 13.7. The van der Waals surface area contributed by atoms with Crippen molar-refractivity contribution in [3.8, 4) is 0 Å². The van der Waals surface area contributed by atoms with Crippen molar-refractivity contribution in [2.24, 2.45) is 5.92 Å². The average molecular weight is 401 g/mol. The molecule has 3 aromatic rings. The number of benzene rings is 3. The van der Waals surface area contributed by atoms with Gasteiger partial charge in [-0.3, -0.25) is 4.90 Å². The lowest BCUT2D eigenvalue weighted by atomic mass is 9.70. The molecule has 1 N–H and O–H groups in total. The summed E-state index contributed by atoms with van der Waals surface area (Å²) in [6.45, 7) is 3.05. The molecule has 2 unspecified atom stereocenters. The van der Waals surface area contributed by atoms with E-state index in [2.05, 4.69) is 70.9 Å². The molecule has 3 saturated heterocycles. The van der Waals surface area contributed by atoms with Gasteiger partial charge in [-0.05, 0) is 60.7 Å². The summed E-state index contributed by atoms with van der Waals surface area (Å²) in [5.74, 6) is 0.829. The van der Waals surface area contributed by atoms with E-state index in [0.717, 1.165) is 5.56 Å². The fourth-order valence-electron chi connectivity index (χ4n) is 5.58. The lowest BCUT2D eigenvalue weighted by molar-refractivity contribution is 0.00467. The van der Waals surface area contributed by atoms with Crippen LogP contribution in [0.1, 0.15) is 35.4 Å². The second kappa shape index (κ2) is 8.71. The molecule has 0 radical (unpaired) electrons. The highest BCUT2D eigenvalue weighted by molar-refractivity contribution is 5.36. The Hall–Kier alpha value is -2.49. The molecule has 30 heavy (non-hydrogen) atoms. The minimum absolute atomic E-state index is 0.161. The van der Waals surface area contributed by atoms with Crippen molar-refractivity contribution in [3.63, 3.8) is 0 Å². The summed E-state index contributed by atoms with van der Waals surface area (Å²) in [4.78, 5) is 2.69. The number of halogens is 1. The molecule has 3 fully saturated rings. The first-order valence-corrected chi connectivity index (χ1v) is 11.1. The first-order chi connectivity index (χ1) is 14.8. The minimum atomic E-state index is -0.161. The average Bonchev–Trinajstić information content (AvgIpc) is 2.81. The van der Waals surface area contributed by atoms with Crippen LogP contribution in [0.4, 0.5) is 4.39 Å². The molecule has 0 spiro atoms. The van der Waals surface area contributed by atoms with Crippen molar-refractivity contribution in [3.05, 3.63) is 107 Å². The van der Waals surface area contributed by atoms with Crippen LogP contribution >= 0.6 is 0 Å². The minimum Gasteiger partial charge on any atom is -0.308 e. The van der Waals surface area contributed by atoms with Crippen molar-refractivity contribution in [1.29, 1.82) is 0 Å². The lowest BCUT2D eigenvalue weighted by Crippen LogP contribution is -2.64. The van der Waals surface area contributed by atoms with Gasteiger partial charge in [0.05, 0.1) is 0 Å². The summed E-state index contributed by atoms with van der Waals surface area (Å²) in [7, 11) is 0. The molecular formula is C27H29FN2. The predicted molar refractivity (Wildman–Crippen MR) is 120 cm³/mol. The van der Waals surface area contributed by atoms with Gasteiger partial charge in [0.1, 0.15) is 5.82 Å². The lowest BCUT2D eigenvalue weighted by Gasteiger charge is -2.54. The van der Waals surface area contributed by atoms with Crippen LogP contribution in [0.15, 0.2) is 84.9 Å². The van der Waals surface area contributed by atoms with E-state index in [4.69, 9.17) is 0 Å². The Morgan fingerprint density at radius 1 is 0.833 bits per heavy atom. The standard InChI is InChI=1S/C27H29FN2/c28-24-13-7-8-20(18-24)19-29-26-23-14-16-30(17-15-23)27(26)25(21-9-3-1-4-10-21)22-11-5-2-6-12-22/h1-13,18,23,25-27,29H,14-17,19H2. The van der Waals surface area contributed by atoms with Gasteiger partial charge in [0.2, 0.25) is 0 Å². The molecule has 3 heterocycles. The number of piperidine rings is 3. The Labute approximate surface area is 178 Å². The quantitative estimate of drug-likeness (QED) is 0.611. The van der Waals surface area contributed by atoms with E-state index in [1.165, 1.54) is 43.1 Å². The largest absolute Gasteiger partial charge is 0.308 e. The summed E-state index contributed by atoms with van der Waals surface area (Å²) in [5.41, 5.74) is 3.76. The van der Waals surface area contributed by atoms with E-state index >= 15 is 0 Å². The van der Waals surface area contributed by atoms with E-state index in [1.54, 1.807) is 12.1 Å². The van der Waals surface area contributed by atoms with Gasteiger partial charge in [0.15, 0.2) is 0 Å². The van der Waals surface area contributed by atoms with Crippen LogP contribution in [-0.4, -0.2) is 30.1 Å². The number of nitrogens with one attached hydrogen (secondary N) is 1. The van der Waals surface area contributed by atoms with Gasteiger partial charge in [0.25, 0.3) is 0 Å². The van der Waals surface area contributed by atoms with E-state index in [0.29, 0.717) is 30.5 Å². The monoisotopic (exact) mass is 400 g/mol. The Balaban J connectivity index is 1.49. The molecule has 3 heteroatoms. The van der Waals surface area contributed by atoms with Crippen molar-refractivity contribution in [2.45, 2.75) is 37.4 Å². The second-order valence-electron chi connectivity index (χ2n) is 8.70. The zero-order valence-corrected chi connectivity index (χ0v) is 17.3. The molecular weight excluding hydrogens is 371 g/mol. The molecule has 3 aliphatic heterocycles. The molecule has 6 rings (SSSR count). The van der Waals surface area contributed by atoms with Crippen LogP contribution in [0.2, 0.25) is 0 Å². The zero-order chi connectivity index (χ0) is 20.3.